The van der Waals surface area contributed by atoms with Gasteiger partial charge in [0.2, 0.25) is 0 Å². The predicted molar refractivity (Wildman–Crippen MR) is 115 cm³/mol. The normalized spacial score (nSPS) is 14.7. The Morgan fingerprint density at radius 2 is 1.55 bits per heavy atom. The number of nitrogens with zero attached hydrogens (tertiary/aromatic N) is 1. The molecule has 3 heteroatoms. The number of piperidine rings is 1. The summed E-state index contributed by atoms with van der Waals surface area (Å²) in [4.78, 5) is 14.4. The lowest BCUT2D eigenvalue weighted by Crippen LogP contribution is -2.38. The van der Waals surface area contributed by atoms with Gasteiger partial charge in [0.1, 0.15) is 5.82 Å². The Balaban J connectivity index is 1.26. The Bertz CT molecular complexity index is 944. The topological polar surface area (TPSA) is 20.3 Å². The minimum absolute atomic E-state index is 0.0561. The van der Waals surface area contributed by atoms with Gasteiger partial charge in [0.15, 0.2) is 0 Å². The highest BCUT2D eigenvalue weighted by Gasteiger charge is 2.23. The molecule has 0 spiro atoms. The van der Waals surface area contributed by atoms with Crippen molar-refractivity contribution in [1.29, 1.82) is 0 Å². The van der Waals surface area contributed by atoms with Crippen LogP contribution in [0.15, 0.2) is 78.9 Å². The van der Waals surface area contributed by atoms with Crippen LogP contribution in [0.25, 0.3) is 11.1 Å². The molecule has 4 rings (SSSR count). The second-order valence-electron chi connectivity index (χ2n) is 7.85. The minimum atomic E-state index is -0.357. The number of carbonyl (C=O) groups is 1. The average molecular weight is 387 g/mol. The quantitative estimate of drug-likeness (QED) is 0.527. The van der Waals surface area contributed by atoms with E-state index in [0.717, 1.165) is 38.8 Å². The van der Waals surface area contributed by atoms with E-state index in [9.17, 15) is 9.18 Å². The molecule has 0 radical (unpaired) electrons. The van der Waals surface area contributed by atoms with Gasteiger partial charge in [-0.2, -0.15) is 0 Å². The zero-order valence-electron chi connectivity index (χ0n) is 16.6. The van der Waals surface area contributed by atoms with Crippen LogP contribution < -0.4 is 0 Å². The summed E-state index contributed by atoms with van der Waals surface area (Å²) in [6.07, 6.45) is 4.25. The third-order valence-electron chi connectivity index (χ3n) is 5.88. The van der Waals surface area contributed by atoms with E-state index in [4.69, 9.17) is 0 Å². The molecule has 3 aromatic carbocycles. The van der Waals surface area contributed by atoms with Gasteiger partial charge >= 0.3 is 0 Å². The molecule has 1 aliphatic rings. The number of hydrogen-bond donors (Lipinski definition) is 0. The molecule has 0 atom stereocenters. The van der Waals surface area contributed by atoms with Gasteiger partial charge in [-0.1, -0.05) is 60.7 Å². The third kappa shape index (κ3) is 4.92. The van der Waals surface area contributed by atoms with E-state index < -0.39 is 0 Å². The lowest BCUT2D eigenvalue weighted by atomic mass is 9.90. The van der Waals surface area contributed by atoms with Crippen LogP contribution in [0, 0.1) is 11.7 Å². The van der Waals surface area contributed by atoms with E-state index in [2.05, 4.69) is 48.5 Å². The van der Waals surface area contributed by atoms with Gasteiger partial charge in [-0.15, -0.1) is 0 Å². The molecule has 0 N–H and O–H groups in total. The van der Waals surface area contributed by atoms with E-state index >= 15 is 0 Å². The fourth-order valence-electron chi connectivity index (χ4n) is 4.09. The predicted octanol–water partition coefficient (Wildman–Crippen LogP) is 5.98. The molecule has 1 amide bonds. The lowest BCUT2D eigenvalue weighted by molar-refractivity contribution is 0.0686. The molecule has 0 aliphatic carbocycles. The number of hydrogen-bond acceptors (Lipinski definition) is 1. The maximum atomic E-state index is 13.4. The van der Waals surface area contributed by atoms with Crippen LogP contribution in [-0.4, -0.2) is 23.9 Å². The summed E-state index contributed by atoms with van der Waals surface area (Å²) < 4.78 is 13.4. The Hall–Kier alpha value is -2.94. The van der Waals surface area contributed by atoms with Crippen molar-refractivity contribution in [2.24, 2.45) is 5.92 Å². The van der Waals surface area contributed by atoms with Crippen LogP contribution in [0.5, 0.6) is 0 Å². The molecule has 29 heavy (non-hydrogen) atoms. The van der Waals surface area contributed by atoms with Gasteiger partial charge in [-0.25, -0.2) is 4.39 Å². The van der Waals surface area contributed by atoms with Gasteiger partial charge in [0.05, 0.1) is 0 Å². The molecule has 1 fully saturated rings. The summed E-state index contributed by atoms with van der Waals surface area (Å²) in [5.41, 5.74) is 4.30. The van der Waals surface area contributed by atoms with Gasteiger partial charge in [-0.05, 0) is 66.5 Å². The minimum Gasteiger partial charge on any atom is -0.339 e. The molecule has 1 heterocycles. The average Bonchev–Trinajstić information content (AvgIpc) is 2.78. The van der Waals surface area contributed by atoms with Crippen molar-refractivity contribution in [2.75, 3.05) is 13.1 Å². The summed E-state index contributed by atoms with van der Waals surface area (Å²) in [7, 11) is 0. The van der Waals surface area contributed by atoms with Crippen molar-refractivity contribution in [3.05, 3.63) is 95.8 Å². The molecule has 3 aromatic rings. The van der Waals surface area contributed by atoms with E-state index in [1.54, 1.807) is 12.1 Å². The van der Waals surface area contributed by atoms with Crippen molar-refractivity contribution in [1.82, 2.24) is 4.90 Å². The molecule has 1 aliphatic heterocycles. The Kier molecular flexibility index (Phi) is 6.04. The molecule has 1 saturated heterocycles. The van der Waals surface area contributed by atoms with Gasteiger partial charge in [0, 0.05) is 18.7 Å². The van der Waals surface area contributed by atoms with Crippen LogP contribution in [0.4, 0.5) is 4.39 Å². The number of likely N-dealkylation sites (tertiary alicyclic amines) is 1. The summed E-state index contributed by atoms with van der Waals surface area (Å²) in [5.74, 6) is 0.226. The second-order valence-corrected chi connectivity index (χ2v) is 7.85. The number of aryl methyl sites for hydroxylation is 1. The van der Waals surface area contributed by atoms with Crippen molar-refractivity contribution >= 4 is 5.91 Å². The SMILES string of the molecule is O=C(c1cccc(F)c1)N1CCC(CCc2ccc(-c3ccccc3)cc2)CC1. The Labute approximate surface area is 172 Å². The second kappa shape index (κ2) is 9.04. The highest BCUT2D eigenvalue weighted by atomic mass is 19.1. The molecule has 0 unspecified atom stereocenters. The first-order valence-electron chi connectivity index (χ1n) is 10.4. The molecule has 0 aromatic heterocycles. The first kappa shape index (κ1) is 19.4. The van der Waals surface area contributed by atoms with Crippen LogP contribution in [0.1, 0.15) is 35.2 Å². The van der Waals surface area contributed by atoms with Crippen LogP contribution in [0.2, 0.25) is 0 Å². The molecular weight excluding hydrogens is 361 g/mol. The van der Waals surface area contributed by atoms with Crippen LogP contribution in [0.3, 0.4) is 0 Å². The summed E-state index contributed by atoms with van der Waals surface area (Å²) in [6, 6.07) is 25.3. The first-order valence-corrected chi connectivity index (χ1v) is 10.4. The smallest absolute Gasteiger partial charge is 0.253 e. The van der Waals surface area contributed by atoms with Gasteiger partial charge in [0.25, 0.3) is 5.91 Å². The number of benzene rings is 3. The Morgan fingerprint density at radius 1 is 0.862 bits per heavy atom. The number of rotatable bonds is 5. The van der Waals surface area contributed by atoms with Crippen LogP contribution in [-0.2, 0) is 6.42 Å². The van der Waals surface area contributed by atoms with Crippen molar-refractivity contribution < 1.29 is 9.18 Å². The van der Waals surface area contributed by atoms with Crippen molar-refractivity contribution in [3.8, 4) is 11.1 Å². The number of halogens is 1. The Morgan fingerprint density at radius 3 is 2.24 bits per heavy atom. The van der Waals surface area contributed by atoms with E-state index in [-0.39, 0.29) is 11.7 Å². The zero-order valence-corrected chi connectivity index (χ0v) is 16.6. The van der Waals surface area contributed by atoms with E-state index in [1.165, 1.54) is 28.8 Å². The van der Waals surface area contributed by atoms with Crippen molar-refractivity contribution in [3.63, 3.8) is 0 Å². The van der Waals surface area contributed by atoms with Gasteiger partial charge in [-0.3, -0.25) is 4.79 Å². The van der Waals surface area contributed by atoms with Crippen molar-refractivity contribution in [2.45, 2.75) is 25.7 Å². The maximum Gasteiger partial charge on any atom is 0.253 e. The first-order chi connectivity index (χ1) is 14.2. The summed E-state index contributed by atoms with van der Waals surface area (Å²) in [5, 5.41) is 0. The number of carbonyl (C=O) groups excluding carboxylic acids is 1. The third-order valence-corrected chi connectivity index (χ3v) is 5.88. The van der Waals surface area contributed by atoms with Crippen LogP contribution >= 0.6 is 0 Å². The standard InChI is InChI=1S/C26H26FNO/c27-25-8-4-7-24(19-25)26(29)28-17-15-21(16-18-28)10-9-20-11-13-23(14-12-20)22-5-2-1-3-6-22/h1-8,11-14,19,21H,9-10,15-18H2. The largest absolute Gasteiger partial charge is 0.339 e. The molecule has 2 nitrogen and oxygen atoms in total. The highest BCUT2D eigenvalue weighted by Crippen LogP contribution is 2.25. The fourth-order valence-corrected chi connectivity index (χ4v) is 4.09. The summed E-state index contributed by atoms with van der Waals surface area (Å²) >= 11 is 0. The van der Waals surface area contributed by atoms with Gasteiger partial charge < -0.3 is 4.90 Å². The maximum absolute atomic E-state index is 13.4. The van der Waals surface area contributed by atoms with E-state index in [0.29, 0.717) is 11.5 Å². The molecule has 0 saturated carbocycles. The summed E-state index contributed by atoms with van der Waals surface area (Å²) in [6.45, 7) is 1.51. The lowest BCUT2D eigenvalue weighted by Gasteiger charge is -2.32. The number of amides is 1. The molecular formula is C26H26FNO. The zero-order chi connectivity index (χ0) is 20.1. The molecule has 0 bridgehead atoms. The monoisotopic (exact) mass is 387 g/mol. The van der Waals surface area contributed by atoms with E-state index in [1.807, 2.05) is 11.0 Å². The highest BCUT2D eigenvalue weighted by molar-refractivity contribution is 5.94. The molecule has 148 valence electrons. The fraction of sp³-hybridized carbons (Fsp3) is 0.269.